The Hall–Kier alpha value is -3.56. The van der Waals surface area contributed by atoms with Gasteiger partial charge in [-0.1, -0.05) is 30.3 Å². The number of benzene rings is 1. The highest BCUT2D eigenvalue weighted by Crippen LogP contribution is 2.23. The predicted molar refractivity (Wildman–Crippen MR) is 88.8 cm³/mol. The molecule has 0 aliphatic rings. The molecule has 3 rings (SSSR count). The molecule has 1 atom stereocenters. The van der Waals surface area contributed by atoms with Crippen molar-refractivity contribution >= 4 is 6.09 Å². The van der Waals surface area contributed by atoms with Crippen LogP contribution in [0.5, 0.6) is 0 Å². The molecule has 0 fully saturated rings. The summed E-state index contributed by atoms with van der Waals surface area (Å²) in [5.74, 6) is -1.02. The van der Waals surface area contributed by atoms with Crippen molar-refractivity contribution in [2.24, 2.45) is 5.73 Å². The number of hydrogen-bond acceptors (Lipinski definition) is 6. The summed E-state index contributed by atoms with van der Waals surface area (Å²) in [6.45, 7) is 0.0121. The number of primary amides is 1. The first-order chi connectivity index (χ1) is 12.9. The van der Waals surface area contributed by atoms with E-state index in [-0.39, 0.29) is 18.0 Å². The quantitative estimate of drug-likeness (QED) is 0.708. The third kappa shape index (κ3) is 4.35. The number of carbonyl (C=O) groups excluding carboxylic acids is 1. The molecular formula is C17H14F2N4O4. The number of nitrogens with two attached hydrogens (primary N) is 1. The van der Waals surface area contributed by atoms with Crippen molar-refractivity contribution in [1.82, 2.24) is 14.8 Å². The van der Waals surface area contributed by atoms with Crippen LogP contribution in [-0.2, 0) is 11.3 Å². The minimum atomic E-state index is -2.90. The second kappa shape index (κ2) is 7.77. The van der Waals surface area contributed by atoms with Gasteiger partial charge in [0.25, 0.3) is 11.4 Å². The standard InChI is InChI=1S/C17H14F2N4O4/c18-14(19)16-22-21-15(27-16)11-6-7-23(13(24)8-11)9-12(26-17(20)25)10-4-2-1-3-5-10/h1-8,12,14H,9H2,(H2,20,25)/t12-/m0/s1. The van der Waals surface area contributed by atoms with Gasteiger partial charge in [0.15, 0.2) is 0 Å². The highest BCUT2D eigenvalue weighted by atomic mass is 19.3. The van der Waals surface area contributed by atoms with E-state index in [0.717, 1.165) is 6.07 Å². The molecule has 0 radical (unpaired) electrons. The number of ether oxygens (including phenoxy) is 1. The Labute approximate surface area is 151 Å². The maximum atomic E-state index is 12.5. The first-order valence-electron chi connectivity index (χ1n) is 7.77. The van der Waals surface area contributed by atoms with Crippen LogP contribution in [0.3, 0.4) is 0 Å². The molecule has 27 heavy (non-hydrogen) atoms. The number of rotatable bonds is 6. The lowest BCUT2D eigenvalue weighted by Crippen LogP contribution is -2.26. The molecular weight excluding hydrogens is 362 g/mol. The molecule has 2 heterocycles. The number of nitrogens with zero attached hydrogens (tertiary/aromatic N) is 3. The fraction of sp³-hybridized carbons (Fsp3) is 0.176. The topological polar surface area (TPSA) is 113 Å². The molecule has 0 unspecified atom stereocenters. The van der Waals surface area contributed by atoms with Crippen LogP contribution in [0.1, 0.15) is 24.0 Å². The van der Waals surface area contributed by atoms with Crippen molar-refractivity contribution in [2.45, 2.75) is 19.1 Å². The molecule has 0 spiro atoms. The summed E-state index contributed by atoms with van der Waals surface area (Å²) < 4.78 is 36.3. The van der Waals surface area contributed by atoms with Crippen molar-refractivity contribution in [2.75, 3.05) is 0 Å². The normalized spacial score (nSPS) is 12.1. The summed E-state index contributed by atoms with van der Waals surface area (Å²) in [5.41, 5.74) is 5.49. The fourth-order valence-corrected chi connectivity index (χ4v) is 2.43. The average Bonchev–Trinajstić information content (AvgIpc) is 3.13. The monoisotopic (exact) mass is 376 g/mol. The summed E-state index contributed by atoms with van der Waals surface area (Å²) in [6.07, 6.45) is -3.24. The number of alkyl halides is 2. The molecule has 8 nitrogen and oxygen atoms in total. The van der Waals surface area contributed by atoms with Crippen LogP contribution in [0.25, 0.3) is 11.5 Å². The molecule has 2 aromatic heterocycles. The predicted octanol–water partition coefficient (Wildman–Crippen LogP) is 2.67. The lowest BCUT2D eigenvalue weighted by molar-refractivity contribution is 0.0950. The van der Waals surface area contributed by atoms with Gasteiger partial charge in [0.1, 0.15) is 6.10 Å². The summed E-state index contributed by atoms with van der Waals surface area (Å²) in [6, 6.07) is 11.4. The van der Waals surface area contributed by atoms with Crippen molar-refractivity contribution in [3.63, 3.8) is 0 Å². The van der Waals surface area contributed by atoms with Gasteiger partial charge in [0, 0.05) is 17.8 Å². The molecule has 0 aliphatic heterocycles. The van der Waals surface area contributed by atoms with Gasteiger partial charge >= 0.3 is 12.5 Å². The third-order valence-electron chi connectivity index (χ3n) is 3.66. The first kappa shape index (κ1) is 18.2. The van der Waals surface area contributed by atoms with E-state index in [1.165, 1.54) is 16.8 Å². The number of amides is 1. The second-order valence-corrected chi connectivity index (χ2v) is 5.49. The van der Waals surface area contributed by atoms with Crippen LogP contribution in [0, 0.1) is 0 Å². The molecule has 140 valence electrons. The van der Waals surface area contributed by atoms with Crippen molar-refractivity contribution < 1.29 is 22.7 Å². The highest BCUT2D eigenvalue weighted by Gasteiger charge is 2.19. The molecule has 0 saturated heterocycles. The molecule has 10 heteroatoms. The Morgan fingerprint density at radius 1 is 1.22 bits per heavy atom. The second-order valence-electron chi connectivity index (χ2n) is 5.49. The van der Waals surface area contributed by atoms with Gasteiger partial charge in [0.05, 0.1) is 6.54 Å². The van der Waals surface area contributed by atoms with Crippen molar-refractivity contribution in [1.29, 1.82) is 0 Å². The van der Waals surface area contributed by atoms with Gasteiger partial charge in [-0.25, -0.2) is 4.79 Å². The Morgan fingerprint density at radius 3 is 2.56 bits per heavy atom. The first-order valence-corrected chi connectivity index (χ1v) is 7.77. The van der Waals surface area contributed by atoms with Crippen LogP contribution >= 0.6 is 0 Å². The maximum absolute atomic E-state index is 12.5. The zero-order valence-corrected chi connectivity index (χ0v) is 13.8. The van der Waals surface area contributed by atoms with E-state index in [9.17, 15) is 18.4 Å². The summed E-state index contributed by atoms with van der Waals surface area (Å²) >= 11 is 0. The number of halogens is 2. The summed E-state index contributed by atoms with van der Waals surface area (Å²) in [4.78, 5) is 23.5. The van der Waals surface area contributed by atoms with Gasteiger partial charge in [-0.2, -0.15) is 8.78 Å². The van der Waals surface area contributed by atoms with E-state index in [1.807, 2.05) is 0 Å². The van der Waals surface area contributed by atoms with E-state index in [1.54, 1.807) is 30.3 Å². The van der Waals surface area contributed by atoms with Gasteiger partial charge in [0.2, 0.25) is 5.89 Å². The van der Waals surface area contributed by atoms with Crippen molar-refractivity contribution in [3.8, 4) is 11.5 Å². The third-order valence-corrected chi connectivity index (χ3v) is 3.66. The van der Waals surface area contributed by atoms with Gasteiger partial charge in [-0.05, 0) is 11.6 Å². The van der Waals surface area contributed by atoms with E-state index >= 15 is 0 Å². The van der Waals surface area contributed by atoms with E-state index in [2.05, 4.69) is 10.2 Å². The molecule has 2 N–H and O–H groups in total. The van der Waals surface area contributed by atoms with Gasteiger partial charge in [-0.15, -0.1) is 10.2 Å². The minimum Gasteiger partial charge on any atom is -0.440 e. The number of hydrogen-bond donors (Lipinski definition) is 1. The fourth-order valence-electron chi connectivity index (χ4n) is 2.43. The Morgan fingerprint density at radius 2 is 1.96 bits per heavy atom. The number of aromatic nitrogens is 3. The van der Waals surface area contributed by atoms with E-state index in [0.29, 0.717) is 5.56 Å². The average molecular weight is 376 g/mol. The Bertz CT molecular complexity index is 988. The molecule has 3 aromatic rings. The molecule has 0 saturated carbocycles. The van der Waals surface area contributed by atoms with Crippen molar-refractivity contribution in [3.05, 3.63) is 70.5 Å². The van der Waals surface area contributed by atoms with Crippen LogP contribution in [0.4, 0.5) is 13.6 Å². The van der Waals surface area contributed by atoms with Crippen LogP contribution in [0.2, 0.25) is 0 Å². The molecule has 0 aliphatic carbocycles. The van der Waals surface area contributed by atoms with Crippen LogP contribution in [0.15, 0.2) is 57.9 Å². The highest BCUT2D eigenvalue weighted by molar-refractivity contribution is 5.65. The van der Waals surface area contributed by atoms with Gasteiger partial charge < -0.3 is 19.5 Å². The smallest absolute Gasteiger partial charge is 0.405 e. The molecule has 0 bridgehead atoms. The lowest BCUT2D eigenvalue weighted by Gasteiger charge is -2.18. The Balaban J connectivity index is 1.85. The minimum absolute atomic E-state index is 0.0121. The van der Waals surface area contributed by atoms with Crippen LogP contribution < -0.4 is 11.3 Å². The summed E-state index contributed by atoms with van der Waals surface area (Å²) in [5, 5.41) is 6.71. The largest absolute Gasteiger partial charge is 0.440 e. The number of carbonyl (C=O) groups is 1. The van der Waals surface area contributed by atoms with E-state index < -0.39 is 30.1 Å². The lowest BCUT2D eigenvalue weighted by atomic mass is 10.1. The zero-order chi connectivity index (χ0) is 19.4. The SMILES string of the molecule is NC(=O)O[C@@H](Cn1ccc(-c2nnc(C(F)F)o2)cc1=O)c1ccccc1. The summed E-state index contributed by atoms with van der Waals surface area (Å²) in [7, 11) is 0. The molecule has 1 amide bonds. The maximum Gasteiger partial charge on any atom is 0.405 e. The zero-order valence-electron chi connectivity index (χ0n) is 13.8. The number of pyridine rings is 1. The molecule has 1 aromatic carbocycles. The Kier molecular flexibility index (Phi) is 5.25. The van der Waals surface area contributed by atoms with Crippen LogP contribution in [-0.4, -0.2) is 20.9 Å². The van der Waals surface area contributed by atoms with E-state index in [4.69, 9.17) is 14.9 Å². The van der Waals surface area contributed by atoms with Gasteiger partial charge in [-0.3, -0.25) is 4.79 Å².